The van der Waals surface area contributed by atoms with E-state index in [0.29, 0.717) is 39.4 Å². The summed E-state index contributed by atoms with van der Waals surface area (Å²) in [5.41, 5.74) is 4.14. The number of benzene rings is 3. The lowest BCUT2D eigenvalue weighted by molar-refractivity contribution is -0.136. The van der Waals surface area contributed by atoms with Crippen LogP contribution in [-0.4, -0.2) is 25.1 Å². The van der Waals surface area contributed by atoms with Gasteiger partial charge in [0.1, 0.15) is 18.1 Å². The summed E-state index contributed by atoms with van der Waals surface area (Å²) in [6, 6.07) is 18.9. The second-order valence-electron chi connectivity index (χ2n) is 6.48. The van der Waals surface area contributed by atoms with Gasteiger partial charge in [0, 0.05) is 27.4 Å². The largest absolute Gasteiger partial charge is 0.497 e. The van der Waals surface area contributed by atoms with Gasteiger partial charge in [-0.05, 0) is 54.1 Å². The average Bonchev–Trinajstić information content (AvgIpc) is 2.79. The highest BCUT2D eigenvalue weighted by molar-refractivity contribution is 6.39. The predicted molar refractivity (Wildman–Crippen MR) is 125 cm³/mol. The summed E-state index contributed by atoms with van der Waals surface area (Å²) in [7, 11) is 1.51. The van der Waals surface area contributed by atoms with Crippen LogP contribution in [0.1, 0.15) is 11.1 Å². The first kappa shape index (κ1) is 23.1. The van der Waals surface area contributed by atoms with Crippen molar-refractivity contribution in [2.45, 2.75) is 6.61 Å². The van der Waals surface area contributed by atoms with E-state index in [9.17, 15) is 9.59 Å². The van der Waals surface area contributed by atoms with E-state index in [4.69, 9.17) is 32.7 Å². The number of halogens is 2. The van der Waals surface area contributed by atoms with E-state index in [-0.39, 0.29) is 0 Å². The van der Waals surface area contributed by atoms with Crippen molar-refractivity contribution >= 4 is 46.9 Å². The van der Waals surface area contributed by atoms with Gasteiger partial charge in [0.05, 0.1) is 13.3 Å². The third kappa shape index (κ3) is 6.73. The summed E-state index contributed by atoms with van der Waals surface area (Å²) in [5, 5.41) is 7.37. The van der Waals surface area contributed by atoms with Gasteiger partial charge in [-0.25, -0.2) is 5.43 Å². The van der Waals surface area contributed by atoms with E-state index in [1.165, 1.54) is 13.3 Å². The van der Waals surface area contributed by atoms with Gasteiger partial charge in [-0.2, -0.15) is 5.10 Å². The van der Waals surface area contributed by atoms with E-state index < -0.39 is 11.8 Å². The Morgan fingerprint density at radius 1 is 0.969 bits per heavy atom. The minimum atomic E-state index is -0.899. The second-order valence-corrected chi connectivity index (χ2v) is 7.32. The van der Waals surface area contributed by atoms with Crippen LogP contribution >= 0.6 is 23.2 Å². The first-order valence-electron chi connectivity index (χ1n) is 9.40. The van der Waals surface area contributed by atoms with Gasteiger partial charge in [0.2, 0.25) is 0 Å². The summed E-state index contributed by atoms with van der Waals surface area (Å²) < 4.78 is 10.8. The van der Waals surface area contributed by atoms with E-state index in [2.05, 4.69) is 15.8 Å². The maximum atomic E-state index is 12.0. The van der Waals surface area contributed by atoms with Crippen molar-refractivity contribution in [3.05, 3.63) is 87.9 Å². The quantitative estimate of drug-likeness (QED) is 0.297. The molecule has 0 heterocycles. The first-order chi connectivity index (χ1) is 15.4. The Hall–Kier alpha value is -3.55. The summed E-state index contributed by atoms with van der Waals surface area (Å²) in [4.78, 5) is 23.9. The smallest absolute Gasteiger partial charge is 0.329 e. The van der Waals surface area contributed by atoms with Crippen LogP contribution in [0.4, 0.5) is 5.69 Å². The number of methoxy groups -OCH3 is 1. The number of rotatable bonds is 7. The molecule has 9 heteroatoms. The highest BCUT2D eigenvalue weighted by Crippen LogP contribution is 2.23. The minimum Gasteiger partial charge on any atom is -0.497 e. The highest BCUT2D eigenvalue weighted by atomic mass is 35.5. The summed E-state index contributed by atoms with van der Waals surface area (Å²) in [6.07, 6.45) is 1.41. The van der Waals surface area contributed by atoms with Crippen molar-refractivity contribution < 1.29 is 19.1 Å². The molecular weight excluding hydrogens is 453 g/mol. The topological polar surface area (TPSA) is 89.0 Å². The number of hydrazone groups is 1. The van der Waals surface area contributed by atoms with Crippen molar-refractivity contribution in [3.8, 4) is 11.5 Å². The number of nitrogens with zero attached hydrogens (tertiary/aromatic N) is 1. The van der Waals surface area contributed by atoms with E-state index >= 15 is 0 Å². The molecule has 0 aromatic heterocycles. The van der Waals surface area contributed by atoms with Crippen LogP contribution < -0.4 is 20.2 Å². The molecule has 0 saturated heterocycles. The fourth-order valence-corrected chi connectivity index (χ4v) is 3.02. The molecule has 0 aliphatic heterocycles. The number of hydrogen-bond acceptors (Lipinski definition) is 5. The fraction of sp³-hybridized carbons (Fsp3) is 0.0870. The molecule has 0 fully saturated rings. The standard InChI is InChI=1S/C23H19Cl2N3O4/c1-31-20-4-2-3-18(12-20)27-22(29)23(30)28-26-13-15-5-9-19(10-6-15)32-14-16-7-8-17(24)11-21(16)25/h2-13H,14H2,1H3,(H,27,29)(H,28,30)/b26-13-. The third-order valence-corrected chi connectivity index (χ3v) is 4.79. The third-order valence-electron chi connectivity index (χ3n) is 4.20. The van der Waals surface area contributed by atoms with Crippen molar-refractivity contribution in [2.75, 3.05) is 12.4 Å². The maximum absolute atomic E-state index is 12.0. The Morgan fingerprint density at radius 3 is 2.47 bits per heavy atom. The number of carbonyl (C=O) groups excluding carboxylic acids is 2. The van der Waals surface area contributed by atoms with Crippen LogP contribution in [0.3, 0.4) is 0 Å². The molecule has 0 saturated carbocycles. The van der Waals surface area contributed by atoms with Gasteiger partial charge in [-0.15, -0.1) is 0 Å². The number of hydrogen-bond donors (Lipinski definition) is 2. The number of ether oxygens (including phenoxy) is 2. The number of amides is 2. The molecule has 0 bridgehead atoms. The van der Waals surface area contributed by atoms with Gasteiger partial charge >= 0.3 is 11.8 Å². The highest BCUT2D eigenvalue weighted by Gasteiger charge is 2.13. The maximum Gasteiger partial charge on any atom is 0.329 e. The summed E-state index contributed by atoms with van der Waals surface area (Å²) in [6.45, 7) is 0.294. The first-order valence-corrected chi connectivity index (χ1v) is 10.2. The molecule has 2 amide bonds. The Labute approximate surface area is 194 Å². The number of anilines is 1. The molecule has 0 unspecified atom stereocenters. The lowest BCUT2D eigenvalue weighted by atomic mass is 10.2. The van der Waals surface area contributed by atoms with Crippen molar-refractivity contribution in [2.24, 2.45) is 5.10 Å². The summed E-state index contributed by atoms with van der Waals surface area (Å²) >= 11 is 12.0. The lowest BCUT2D eigenvalue weighted by Crippen LogP contribution is -2.32. The van der Waals surface area contributed by atoms with Crippen LogP contribution in [0.5, 0.6) is 11.5 Å². The van der Waals surface area contributed by atoms with Gasteiger partial charge in [-0.1, -0.05) is 35.3 Å². The molecule has 3 aromatic rings. The van der Waals surface area contributed by atoms with Crippen LogP contribution in [-0.2, 0) is 16.2 Å². The SMILES string of the molecule is COc1cccc(NC(=O)C(=O)N/N=C\c2ccc(OCc3ccc(Cl)cc3Cl)cc2)c1. The molecule has 0 aliphatic carbocycles. The van der Waals surface area contributed by atoms with E-state index in [1.54, 1.807) is 66.7 Å². The Bertz CT molecular complexity index is 1130. The van der Waals surface area contributed by atoms with E-state index in [0.717, 1.165) is 5.56 Å². The van der Waals surface area contributed by atoms with Crippen molar-refractivity contribution in [3.63, 3.8) is 0 Å². The monoisotopic (exact) mass is 471 g/mol. The average molecular weight is 472 g/mol. The van der Waals surface area contributed by atoms with Crippen molar-refractivity contribution in [1.82, 2.24) is 5.43 Å². The Kier molecular flexibility index (Phi) is 8.08. The zero-order valence-corrected chi connectivity index (χ0v) is 18.5. The minimum absolute atomic E-state index is 0.294. The molecule has 3 rings (SSSR count). The van der Waals surface area contributed by atoms with Crippen molar-refractivity contribution in [1.29, 1.82) is 0 Å². The van der Waals surface area contributed by atoms with Gasteiger partial charge in [0.15, 0.2) is 0 Å². The van der Waals surface area contributed by atoms with Crippen LogP contribution in [0.25, 0.3) is 0 Å². The zero-order chi connectivity index (χ0) is 22.9. The van der Waals surface area contributed by atoms with Crippen LogP contribution in [0.2, 0.25) is 10.0 Å². The van der Waals surface area contributed by atoms with Crippen LogP contribution in [0, 0.1) is 0 Å². The van der Waals surface area contributed by atoms with Gasteiger partial charge in [-0.3, -0.25) is 9.59 Å². The molecule has 0 atom stereocenters. The van der Waals surface area contributed by atoms with Crippen LogP contribution in [0.15, 0.2) is 71.8 Å². The molecule has 32 heavy (non-hydrogen) atoms. The zero-order valence-electron chi connectivity index (χ0n) is 17.0. The predicted octanol–water partition coefficient (Wildman–Crippen LogP) is 4.67. The molecule has 0 spiro atoms. The Balaban J connectivity index is 1.48. The normalized spacial score (nSPS) is 10.6. The Morgan fingerprint density at radius 2 is 1.75 bits per heavy atom. The molecule has 3 aromatic carbocycles. The molecule has 2 N–H and O–H groups in total. The van der Waals surface area contributed by atoms with Gasteiger partial charge in [0.25, 0.3) is 0 Å². The molecule has 7 nitrogen and oxygen atoms in total. The lowest BCUT2D eigenvalue weighted by Gasteiger charge is -2.08. The van der Waals surface area contributed by atoms with E-state index in [1.807, 2.05) is 0 Å². The number of carbonyl (C=O) groups is 2. The number of nitrogens with one attached hydrogen (secondary N) is 2. The van der Waals surface area contributed by atoms with Gasteiger partial charge < -0.3 is 14.8 Å². The molecule has 0 radical (unpaired) electrons. The molecule has 164 valence electrons. The molecule has 0 aliphatic rings. The fourth-order valence-electron chi connectivity index (χ4n) is 2.55. The second kappa shape index (κ2) is 11.2. The summed E-state index contributed by atoms with van der Waals surface area (Å²) in [5.74, 6) is -0.552. The molecular formula is C23H19Cl2N3O4.